The molecule has 1 fully saturated rings. The van der Waals surface area contributed by atoms with Crippen molar-refractivity contribution in [3.8, 4) is 29.5 Å². The van der Waals surface area contributed by atoms with Crippen molar-refractivity contribution in [2.24, 2.45) is 0 Å². The van der Waals surface area contributed by atoms with Crippen LogP contribution in [0.3, 0.4) is 0 Å². The number of terminal acetylenes is 1. The average molecular weight is 920 g/mol. The summed E-state index contributed by atoms with van der Waals surface area (Å²) in [4.78, 5) is 58.6. The number of rotatable bonds is 28. The van der Waals surface area contributed by atoms with Crippen LogP contribution in [0, 0.1) is 12.3 Å². The minimum Gasteiger partial charge on any atom is -0.508 e. The molecule has 0 atom stereocenters. The Morgan fingerprint density at radius 1 is 0.746 bits per heavy atom. The van der Waals surface area contributed by atoms with Crippen LogP contribution in [0.15, 0.2) is 55.4 Å². The molecule has 5 N–H and O–H groups in total. The van der Waals surface area contributed by atoms with Gasteiger partial charge in [0, 0.05) is 87.8 Å². The maximum Gasteiger partial charge on any atom is 0.254 e. The number of anilines is 3. The van der Waals surface area contributed by atoms with Gasteiger partial charge in [0.2, 0.25) is 11.9 Å². The van der Waals surface area contributed by atoms with Crippen LogP contribution < -0.4 is 20.9 Å². The number of phenolic OH excluding ortho intramolecular Hbond substituents is 1. The molecule has 0 saturated carbocycles. The van der Waals surface area contributed by atoms with Crippen LogP contribution in [0.5, 0.6) is 5.75 Å². The van der Waals surface area contributed by atoms with Crippen LogP contribution in [0.1, 0.15) is 48.0 Å². The minimum atomic E-state index is -0.271. The molecule has 1 aliphatic rings. The number of nitrogens with zero attached hydrogens (tertiary/aromatic N) is 10. The number of ether oxygens (including phenoxy) is 5. The first-order chi connectivity index (χ1) is 32.9. The molecule has 0 aliphatic carbocycles. The van der Waals surface area contributed by atoms with Crippen molar-refractivity contribution in [2.75, 3.05) is 114 Å². The van der Waals surface area contributed by atoms with Gasteiger partial charge >= 0.3 is 0 Å². The van der Waals surface area contributed by atoms with E-state index in [1.165, 1.54) is 18.7 Å². The molecule has 354 valence electrons. The molecule has 0 unspecified atom stereocenters. The second-order valence-corrected chi connectivity index (χ2v) is 15.6. The highest BCUT2D eigenvalue weighted by Gasteiger charge is 2.22. The molecule has 21 heteroatoms. The third-order valence-electron chi connectivity index (χ3n) is 10.8. The van der Waals surface area contributed by atoms with Crippen molar-refractivity contribution >= 4 is 51.3 Å². The molecule has 1 aromatic carbocycles. The number of nitrogens with one attached hydrogen (secondary N) is 2. The lowest BCUT2D eigenvalue weighted by atomic mass is 10.1. The molecule has 1 amide bonds. The van der Waals surface area contributed by atoms with E-state index in [-0.39, 0.29) is 17.4 Å². The number of hydrogen-bond donors (Lipinski definition) is 4. The number of piperazine rings is 1. The number of amides is 1. The van der Waals surface area contributed by atoms with E-state index in [1.807, 2.05) is 16.8 Å². The Kier molecular flexibility index (Phi) is 18.1. The van der Waals surface area contributed by atoms with Crippen molar-refractivity contribution in [1.29, 1.82) is 0 Å². The third kappa shape index (κ3) is 14.1. The highest BCUT2D eigenvalue weighted by Crippen LogP contribution is 2.32. The van der Waals surface area contributed by atoms with E-state index in [4.69, 9.17) is 40.9 Å². The van der Waals surface area contributed by atoms with Gasteiger partial charge < -0.3 is 54.6 Å². The molecule has 6 heterocycles. The molecule has 0 radical (unpaired) electrons. The van der Waals surface area contributed by atoms with Crippen molar-refractivity contribution < 1.29 is 38.4 Å². The van der Waals surface area contributed by atoms with Gasteiger partial charge in [-0.2, -0.15) is 5.10 Å². The number of aromatic hydroxyl groups is 1. The van der Waals surface area contributed by atoms with Crippen LogP contribution in [-0.4, -0.2) is 160 Å². The summed E-state index contributed by atoms with van der Waals surface area (Å²) in [5.74, 6) is 4.15. The van der Waals surface area contributed by atoms with E-state index in [1.54, 1.807) is 24.5 Å². The van der Waals surface area contributed by atoms with Gasteiger partial charge in [0.05, 0.1) is 88.3 Å². The predicted octanol–water partition coefficient (Wildman–Crippen LogP) is 3.18. The monoisotopic (exact) mass is 919 g/mol. The summed E-state index contributed by atoms with van der Waals surface area (Å²) in [7, 11) is 0. The fourth-order valence-electron chi connectivity index (χ4n) is 7.28. The summed E-state index contributed by atoms with van der Waals surface area (Å²) in [6, 6.07) is 7.05. The SMILES string of the molecule is C#Cc1cnc(N2CCN(c3ncc(C(=O)NCCOCCOCCOCCOCCOCCC(=O)CCCCCn4nc(-c5cc6cc(O)ccc6[nH]5)c5c(N)ncnc54)cn3)CC2)nc1. The van der Waals surface area contributed by atoms with Crippen molar-refractivity contribution in [1.82, 2.24) is 50.0 Å². The van der Waals surface area contributed by atoms with Crippen LogP contribution in [0.4, 0.5) is 17.7 Å². The first-order valence-corrected chi connectivity index (χ1v) is 22.4. The summed E-state index contributed by atoms with van der Waals surface area (Å²) < 4.78 is 29.6. The lowest BCUT2D eigenvalue weighted by Gasteiger charge is -2.34. The number of aromatic nitrogens is 9. The molecule has 1 aliphatic heterocycles. The number of nitrogens with two attached hydrogens (primary N) is 1. The largest absolute Gasteiger partial charge is 0.508 e. The quantitative estimate of drug-likeness (QED) is 0.0407. The lowest BCUT2D eigenvalue weighted by molar-refractivity contribution is -0.120. The summed E-state index contributed by atoms with van der Waals surface area (Å²) in [6.07, 6.45) is 16.5. The number of carbonyl (C=O) groups is 2. The van der Waals surface area contributed by atoms with E-state index in [2.05, 4.69) is 55.9 Å². The number of ketones is 1. The Morgan fingerprint density at radius 2 is 1.36 bits per heavy atom. The van der Waals surface area contributed by atoms with Gasteiger partial charge in [0.25, 0.3) is 5.91 Å². The fourth-order valence-corrected chi connectivity index (χ4v) is 7.28. The third-order valence-corrected chi connectivity index (χ3v) is 10.8. The normalized spacial score (nSPS) is 12.8. The van der Waals surface area contributed by atoms with Gasteiger partial charge in [0.15, 0.2) is 5.65 Å². The number of aryl methyl sites for hydroxylation is 1. The number of aromatic amines is 1. The van der Waals surface area contributed by atoms with Crippen LogP contribution in [-0.2, 0) is 35.0 Å². The van der Waals surface area contributed by atoms with Crippen molar-refractivity contribution in [2.45, 2.75) is 38.6 Å². The Hall–Kier alpha value is -6.83. The second kappa shape index (κ2) is 25.2. The number of H-pyrrole nitrogens is 1. The number of phenols is 1. The van der Waals surface area contributed by atoms with Gasteiger partial charge in [-0.25, -0.2) is 34.6 Å². The summed E-state index contributed by atoms with van der Waals surface area (Å²) in [5, 5.41) is 19.0. The highest BCUT2D eigenvalue weighted by atomic mass is 16.6. The summed E-state index contributed by atoms with van der Waals surface area (Å²) in [5.41, 5.74) is 10.2. The maximum atomic E-state index is 12.5. The van der Waals surface area contributed by atoms with Crippen molar-refractivity contribution in [3.63, 3.8) is 0 Å². The van der Waals surface area contributed by atoms with Gasteiger partial charge in [-0.1, -0.05) is 12.3 Å². The van der Waals surface area contributed by atoms with E-state index in [9.17, 15) is 14.7 Å². The van der Waals surface area contributed by atoms with Crippen LogP contribution in [0.25, 0.3) is 33.3 Å². The van der Waals surface area contributed by atoms with Gasteiger partial charge in [-0.3, -0.25) is 9.59 Å². The number of unbranched alkanes of at least 4 members (excludes halogenated alkanes) is 2. The summed E-state index contributed by atoms with van der Waals surface area (Å²) in [6.45, 7) is 7.77. The summed E-state index contributed by atoms with van der Waals surface area (Å²) >= 11 is 0. The van der Waals surface area contributed by atoms with Gasteiger partial charge in [0.1, 0.15) is 29.4 Å². The zero-order valence-corrected chi connectivity index (χ0v) is 37.5. The van der Waals surface area contributed by atoms with Crippen LogP contribution in [0.2, 0.25) is 0 Å². The first-order valence-electron chi connectivity index (χ1n) is 22.4. The number of Topliss-reactive ketones (excluding diaryl/α,β-unsaturated/α-hetero) is 1. The molecule has 0 bridgehead atoms. The number of benzene rings is 1. The van der Waals surface area contributed by atoms with E-state index < -0.39 is 0 Å². The zero-order valence-electron chi connectivity index (χ0n) is 37.5. The fraction of sp³-hybridized carbons (Fsp3) is 0.457. The van der Waals surface area contributed by atoms with Crippen molar-refractivity contribution in [3.05, 3.63) is 66.5 Å². The van der Waals surface area contributed by atoms with E-state index in [0.717, 1.165) is 35.9 Å². The maximum absolute atomic E-state index is 12.5. The highest BCUT2D eigenvalue weighted by molar-refractivity contribution is 6.00. The Morgan fingerprint density at radius 3 is 2.00 bits per heavy atom. The van der Waals surface area contributed by atoms with E-state index in [0.29, 0.717) is 164 Å². The molecular weight excluding hydrogens is 863 g/mol. The molecule has 6 aromatic rings. The Bertz CT molecular complexity index is 2540. The Labute approximate surface area is 387 Å². The van der Waals surface area contributed by atoms with E-state index >= 15 is 0 Å². The molecule has 5 aromatic heterocycles. The standard InChI is InChI=1S/C46H57N13O8/c1-2-33-28-49-45(50-29-33)57-12-14-58(15-13-57)46-51-30-35(31-52-46)44(62)48-10-17-64-19-21-66-23-25-67-24-22-65-20-18-63-16-9-36(60)6-4-3-5-11-59-43-40(42(47)53-32-54-43)41(56-59)39-27-34-26-37(61)7-8-38(34)55-39/h1,7-8,26-32,55,61H,3-6,9-25H2,(H,48,62)(H2,47,53,54). The smallest absolute Gasteiger partial charge is 0.254 e. The topological polar surface area (TPSA) is 256 Å². The number of fused-ring (bicyclic) bond motifs is 2. The van der Waals surface area contributed by atoms with Gasteiger partial charge in [-0.05, 0) is 37.1 Å². The van der Waals surface area contributed by atoms with Crippen LogP contribution >= 0.6 is 0 Å². The first kappa shape index (κ1) is 48.1. The second-order valence-electron chi connectivity index (χ2n) is 15.6. The zero-order chi connectivity index (χ0) is 46.6. The molecular formula is C46H57N13O8. The number of hydrogen-bond acceptors (Lipinski definition) is 18. The molecule has 0 spiro atoms. The number of nitrogen functional groups attached to an aromatic ring is 1. The molecule has 1 saturated heterocycles. The predicted molar refractivity (Wildman–Crippen MR) is 250 cm³/mol. The molecule has 7 rings (SSSR count). The number of carbonyl (C=O) groups excluding carboxylic acids is 2. The minimum absolute atomic E-state index is 0.169. The average Bonchev–Trinajstić information content (AvgIpc) is 3.95. The molecule has 21 nitrogen and oxygen atoms in total. The Balaban J connectivity index is 0.628. The van der Waals surface area contributed by atoms with Gasteiger partial charge in [-0.15, -0.1) is 6.42 Å². The molecule has 67 heavy (non-hydrogen) atoms. The lowest BCUT2D eigenvalue weighted by Crippen LogP contribution is -2.47.